The summed E-state index contributed by atoms with van der Waals surface area (Å²) in [7, 11) is 0. The predicted molar refractivity (Wildman–Crippen MR) is 81.5 cm³/mol. The summed E-state index contributed by atoms with van der Waals surface area (Å²) in [5.41, 5.74) is 2.63. The van der Waals surface area contributed by atoms with Crippen LogP contribution < -0.4 is 10.1 Å². The van der Waals surface area contributed by atoms with Gasteiger partial charge in [-0.25, -0.2) is 0 Å². The molecule has 1 aromatic carbocycles. The van der Waals surface area contributed by atoms with E-state index in [2.05, 4.69) is 37.4 Å². The summed E-state index contributed by atoms with van der Waals surface area (Å²) >= 11 is 0. The summed E-state index contributed by atoms with van der Waals surface area (Å²) in [5.74, 6) is 1.54. The lowest BCUT2D eigenvalue weighted by Crippen LogP contribution is -2.21. The fourth-order valence-corrected chi connectivity index (χ4v) is 2.06. The predicted octanol–water partition coefficient (Wildman–Crippen LogP) is 3.88. The SMILES string of the molecule is CCOc1ccccc1C=C(CNC1CC1)C(C)C. The maximum Gasteiger partial charge on any atom is 0.126 e. The number of hydrogen-bond donors (Lipinski definition) is 1. The van der Waals surface area contributed by atoms with Gasteiger partial charge in [-0.1, -0.05) is 43.7 Å². The molecule has 2 nitrogen and oxygen atoms in total. The average Bonchev–Trinajstić information content (AvgIpc) is 3.20. The Labute approximate surface area is 116 Å². The van der Waals surface area contributed by atoms with Crippen molar-refractivity contribution in [3.63, 3.8) is 0 Å². The van der Waals surface area contributed by atoms with Gasteiger partial charge in [0.15, 0.2) is 0 Å². The fourth-order valence-electron chi connectivity index (χ4n) is 2.06. The largest absolute Gasteiger partial charge is 0.493 e. The molecule has 0 spiro atoms. The molecule has 1 N–H and O–H groups in total. The summed E-state index contributed by atoms with van der Waals surface area (Å²) in [6, 6.07) is 9.02. The Morgan fingerprint density at radius 2 is 2.11 bits per heavy atom. The van der Waals surface area contributed by atoms with Gasteiger partial charge in [0, 0.05) is 18.2 Å². The van der Waals surface area contributed by atoms with E-state index in [0.29, 0.717) is 12.5 Å². The number of nitrogens with one attached hydrogen (secondary N) is 1. The van der Waals surface area contributed by atoms with Crippen molar-refractivity contribution in [2.75, 3.05) is 13.2 Å². The molecule has 1 aliphatic rings. The quantitative estimate of drug-likeness (QED) is 0.802. The zero-order valence-corrected chi connectivity index (χ0v) is 12.3. The molecule has 104 valence electrons. The monoisotopic (exact) mass is 259 g/mol. The zero-order chi connectivity index (χ0) is 13.7. The van der Waals surface area contributed by atoms with Crippen molar-refractivity contribution in [1.82, 2.24) is 5.32 Å². The number of hydrogen-bond acceptors (Lipinski definition) is 2. The van der Waals surface area contributed by atoms with Crippen LogP contribution in [0.15, 0.2) is 29.8 Å². The minimum absolute atomic E-state index is 0.556. The first-order valence-electron chi connectivity index (χ1n) is 7.36. The molecule has 0 saturated heterocycles. The first-order chi connectivity index (χ1) is 9.20. The molecule has 1 aromatic rings. The van der Waals surface area contributed by atoms with Gasteiger partial charge in [0.05, 0.1) is 6.61 Å². The van der Waals surface area contributed by atoms with Gasteiger partial charge in [-0.15, -0.1) is 0 Å². The highest BCUT2D eigenvalue weighted by Gasteiger charge is 2.20. The molecule has 2 rings (SSSR count). The molecule has 19 heavy (non-hydrogen) atoms. The second kappa shape index (κ2) is 6.76. The van der Waals surface area contributed by atoms with Crippen molar-refractivity contribution >= 4 is 6.08 Å². The minimum atomic E-state index is 0.556. The topological polar surface area (TPSA) is 21.3 Å². The van der Waals surface area contributed by atoms with Crippen molar-refractivity contribution in [2.24, 2.45) is 5.92 Å². The Morgan fingerprint density at radius 3 is 2.74 bits per heavy atom. The molecular formula is C17H25NO. The van der Waals surface area contributed by atoms with Crippen LogP contribution in [0, 0.1) is 5.92 Å². The normalized spacial score (nSPS) is 15.9. The van der Waals surface area contributed by atoms with Crippen LogP contribution in [0.3, 0.4) is 0 Å². The van der Waals surface area contributed by atoms with E-state index in [1.807, 2.05) is 19.1 Å². The van der Waals surface area contributed by atoms with E-state index in [9.17, 15) is 0 Å². The molecule has 0 atom stereocenters. The van der Waals surface area contributed by atoms with Gasteiger partial charge in [-0.05, 0) is 31.7 Å². The van der Waals surface area contributed by atoms with E-state index in [1.165, 1.54) is 24.0 Å². The van der Waals surface area contributed by atoms with E-state index < -0.39 is 0 Å². The molecule has 1 aliphatic carbocycles. The number of benzene rings is 1. The summed E-state index contributed by atoms with van der Waals surface area (Å²) in [6.07, 6.45) is 4.95. The number of ether oxygens (including phenoxy) is 1. The summed E-state index contributed by atoms with van der Waals surface area (Å²) in [4.78, 5) is 0. The van der Waals surface area contributed by atoms with E-state index in [4.69, 9.17) is 4.74 Å². The minimum Gasteiger partial charge on any atom is -0.493 e. The van der Waals surface area contributed by atoms with Crippen molar-refractivity contribution in [2.45, 2.75) is 39.7 Å². The maximum atomic E-state index is 5.69. The lowest BCUT2D eigenvalue weighted by Gasteiger charge is -2.14. The van der Waals surface area contributed by atoms with E-state index in [1.54, 1.807) is 0 Å². The molecule has 0 radical (unpaired) electrons. The smallest absolute Gasteiger partial charge is 0.126 e. The Balaban J connectivity index is 2.13. The Morgan fingerprint density at radius 1 is 1.37 bits per heavy atom. The summed E-state index contributed by atoms with van der Waals surface area (Å²) in [5, 5.41) is 3.60. The molecule has 0 aliphatic heterocycles. The van der Waals surface area contributed by atoms with Gasteiger partial charge >= 0.3 is 0 Å². The van der Waals surface area contributed by atoms with E-state index in [-0.39, 0.29) is 0 Å². The van der Waals surface area contributed by atoms with Crippen molar-refractivity contribution in [1.29, 1.82) is 0 Å². The second-order valence-corrected chi connectivity index (χ2v) is 5.50. The summed E-state index contributed by atoms with van der Waals surface area (Å²) in [6.45, 7) is 8.23. The standard InChI is InChI=1S/C17H25NO/c1-4-19-17-8-6-5-7-14(17)11-15(13(2)3)12-18-16-9-10-16/h5-8,11,13,16,18H,4,9-10,12H2,1-3H3. The van der Waals surface area contributed by atoms with Crippen LogP contribution in [-0.4, -0.2) is 19.2 Å². The van der Waals surface area contributed by atoms with Crippen molar-refractivity contribution in [3.05, 3.63) is 35.4 Å². The van der Waals surface area contributed by atoms with Crippen LogP contribution in [0.2, 0.25) is 0 Å². The van der Waals surface area contributed by atoms with Gasteiger partial charge in [0.2, 0.25) is 0 Å². The van der Waals surface area contributed by atoms with Gasteiger partial charge in [-0.3, -0.25) is 0 Å². The fraction of sp³-hybridized carbons (Fsp3) is 0.529. The van der Waals surface area contributed by atoms with Crippen LogP contribution in [0.25, 0.3) is 6.08 Å². The Hall–Kier alpha value is -1.28. The highest BCUT2D eigenvalue weighted by atomic mass is 16.5. The molecule has 1 fully saturated rings. The van der Waals surface area contributed by atoms with Gasteiger partial charge in [-0.2, -0.15) is 0 Å². The van der Waals surface area contributed by atoms with Crippen LogP contribution >= 0.6 is 0 Å². The summed E-state index contributed by atoms with van der Waals surface area (Å²) < 4.78 is 5.69. The van der Waals surface area contributed by atoms with Crippen LogP contribution in [0.5, 0.6) is 5.75 Å². The molecule has 0 bridgehead atoms. The van der Waals surface area contributed by atoms with E-state index >= 15 is 0 Å². The highest BCUT2D eigenvalue weighted by Crippen LogP contribution is 2.24. The van der Waals surface area contributed by atoms with Crippen molar-refractivity contribution in [3.8, 4) is 5.75 Å². The average molecular weight is 259 g/mol. The van der Waals surface area contributed by atoms with Crippen LogP contribution in [0.4, 0.5) is 0 Å². The first-order valence-corrected chi connectivity index (χ1v) is 7.36. The second-order valence-electron chi connectivity index (χ2n) is 5.50. The van der Waals surface area contributed by atoms with E-state index in [0.717, 1.165) is 18.3 Å². The van der Waals surface area contributed by atoms with Gasteiger partial charge < -0.3 is 10.1 Å². The lowest BCUT2D eigenvalue weighted by atomic mass is 10.00. The molecule has 0 unspecified atom stereocenters. The van der Waals surface area contributed by atoms with Gasteiger partial charge in [0.25, 0.3) is 0 Å². The molecule has 0 amide bonds. The molecular weight excluding hydrogens is 234 g/mol. The third kappa shape index (κ3) is 4.39. The Kier molecular flexibility index (Phi) is 5.03. The molecule has 1 saturated carbocycles. The Bertz CT molecular complexity index is 433. The van der Waals surface area contributed by atoms with Crippen LogP contribution in [0.1, 0.15) is 39.2 Å². The maximum absolute atomic E-state index is 5.69. The first kappa shape index (κ1) is 14.1. The zero-order valence-electron chi connectivity index (χ0n) is 12.3. The van der Waals surface area contributed by atoms with Gasteiger partial charge in [0.1, 0.15) is 5.75 Å². The third-order valence-electron chi connectivity index (χ3n) is 3.47. The number of rotatable bonds is 7. The highest BCUT2D eigenvalue weighted by molar-refractivity contribution is 5.60. The lowest BCUT2D eigenvalue weighted by molar-refractivity contribution is 0.339. The molecule has 0 aromatic heterocycles. The molecule has 0 heterocycles. The molecule has 2 heteroatoms. The van der Waals surface area contributed by atoms with Crippen molar-refractivity contribution < 1.29 is 4.74 Å². The third-order valence-corrected chi connectivity index (χ3v) is 3.47. The number of para-hydroxylation sites is 1. The van der Waals surface area contributed by atoms with Crippen LogP contribution in [-0.2, 0) is 0 Å².